The van der Waals surface area contributed by atoms with Crippen LogP contribution in [-0.2, 0) is 9.59 Å². The van der Waals surface area contributed by atoms with Crippen molar-refractivity contribution in [1.29, 1.82) is 0 Å². The molecule has 1 aromatic carbocycles. The van der Waals surface area contributed by atoms with E-state index in [-0.39, 0.29) is 23.5 Å². The van der Waals surface area contributed by atoms with Crippen molar-refractivity contribution in [3.8, 4) is 0 Å². The fourth-order valence-electron chi connectivity index (χ4n) is 4.74. The number of piperazine rings is 1. The summed E-state index contributed by atoms with van der Waals surface area (Å²) in [6.45, 7) is 5.04. The van der Waals surface area contributed by atoms with E-state index in [9.17, 15) is 14.0 Å². The number of hydrogen-bond acceptors (Lipinski definition) is 7. The van der Waals surface area contributed by atoms with Gasteiger partial charge in [0.05, 0.1) is 5.92 Å². The predicted molar refractivity (Wildman–Crippen MR) is 122 cm³/mol. The van der Waals surface area contributed by atoms with Crippen LogP contribution in [0.2, 0.25) is 0 Å². The maximum Gasteiger partial charge on any atom is 0.228 e. The summed E-state index contributed by atoms with van der Waals surface area (Å²) in [6, 6.07) is 6.53. The van der Waals surface area contributed by atoms with E-state index in [0.717, 1.165) is 49.7 Å². The lowest BCUT2D eigenvalue weighted by Crippen LogP contribution is -2.52. The average Bonchev–Trinajstić information content (AvgIpc) is 3.48. The molecule has 32 heavy (non-hydrogen) atoms. The minimum atomic E-state index is -0.237. The molecule has 3 saturated heterocycles. The molecule has 10 heteroatoms. The number of aromatic nitrogens is 2. The summed E-state index contributed by atoms with van der Waals surface area (Å²) in [5.74, 6) is 0.0213. The second-order valence-corrected chi connectivity index (χ2v) is 9.52. The summed E-state index contributed by atoms with van der Waals surface area (Å²) in [7, 11) is 0. The van der Waals surface area contributed by atoms with Gasteiger partial charge in [0.25, 0.3) is 0 Å². The molecule has 1 atom stereocenters. The predicted octanol–water partition coefficient (Wildman–Crippen LogP) is 2.37. The van der Waals surface area contributed by atoms with Gasteiger partial charge in [-0.25, -0.2) is 4.39 Å². The third kappa shape index (κ3) is 4.28. The van der Waals surface area contributed by atoms with E-state index < -0.39 is 0 Å². The van der Waals surface area contributed by atoms with Gasteiger partial charge in [-0.1, -0.05) is 11.3 Å². The van der Waals surface area contributed by atoms with E-state index in [4.69, 9.17) is 0 Å². The van der Waals surface area contributed by atoms with Crippen LogP contribution in [0.15, 0.2) is 24.3 Å². The number of anilines is 3. The largest absolute Gasteiger partial charge is 0.368 e. The van der Waals surface area contributed by atoms with Gasteiger partial charge in [-0.2, -0.15) is 0 Å². The van der Waals surface area contributed by atoms with Crippen molar-refractivity contribution in [1.82, 2.24) is 15.1 Å². The van der Waals surface area contributed by atoms with Crippen LogP contribution < -0.4 is 14.7 Å². The molecule has 8 nitrogen and oxygen atoms in total. The Balaban J connectivity index is 1.18. The molecule has 2 amide bonds. The molecule has 0 saturated carbocycles. The molecular weight excluding hydrogens is 431 g/mol. The third-order valence-corrected chi connectivity index (χ3v) is 7.54. The summed E-state index contributed by atoms with van der Waals surface area (Å²) in [5.41, 5.74) is 0.992. The monoisotopic (exact) mass is 458 g/mol. The maximum atomic E-state index is 13.2. The average molecular weight is 459 g/mol. The summed E-state index contributed by atoms with van der Waals surface area (Å²) in [4.78, 5) is 33.2. The SMILES string of the molecule is O=C([C@H]1CCCN(c2nnc(N3CCCC3=O)s2)C1)N1CCN(c2ccc(F)cc2)CC1. The second-order valence-electron chi connectivity index (χ2n) is 8.59. The molecule has 0 aliphatic carbocycles. The van der Waals surface area contributed by atoms with E-state index in [0.29, 0.717) is 37.7 Å². The number of halogens is 1. The fraction of sp³-hybridized carbons (Fsp3) is 0.545. The Kier molecular flexibility index (Phi) is 5.95. The van der Waals surface area contributed by atoms with E-state index in [1.165, 1.54) is 23.5 Å². The standard InChI is InChI=1S/C22H27FN6O2S/c23-17-5-7-18(8-6-17)26-11-13-27(14-12-26)20(31)16-3-1-9-28(15-16)21-24-25-22(32-21)29-10-2-4-19(29)30/h5-8,16H,1-4,9-15H2/t16-/m0/s1. The Labute approximate surface area is 190 Å². The zero-order chi connectivity index (χ0) is 22.1. The number of hydrogen-bond donors (Lipinski definition) is 0. The molecule has 3 aliphatic rings. The highest BCUT2D eigenvalue weighted by atomic mass is 32.1. The Morgan fingerprint density at radius 2 is 1.69 bits per heavy atom. The highest BCUT2D eigenvalue weighted by Gasteiger charge is 2.33. The molecule has 0 unspecified atom stereocenters. The molecule has 170 valence electrons. The van der Waals surface area contributed by atoms with Crippen molar-refractivity contribution in [2.75, 3.05) is 60.5 Å². The van der Waals surface area contributed by atoms with Crippen LogP contribution in [0.5, 0.6) is 0 Å². The molecule has 5 rings (SSSR count). The van der Waals surface area contributed by atoms with Crippen molar-refractivity contribution >= 4 is 39.1 Å². The van der Waals surface area contributed by atoms with Gasteiger partial charge in [0.1, 0.15) is 5.82 Å². The topological polar surface area (TPSA) is 72.9 Å². The van der Waals surface area contributed by atoms with Gasteiger partial charge < -0.3 is 14.7 Å². The smallest absolute Gasteiger partial charge is 0.228 e. The van der Waals surface area contributed by atoms with Crippen LogP contribution in [0, 0.1) is 11.7 Å². The molecule has 3 fully saturated rings. The first-order valence-corrected chi connectivity index (χ1v) is 12.1. The molecular formula is C22H27FN6O2S. The number of nitrogens with zero attached hydrogens (tertiary/aromatic N) is 6. The number of carbonyl (C=O) groups is 2. The fourth-order valence-corrected chi connectivity index (χ4v) is 5.67. The number of carbonyl (C=O) groups excluding carboxylic acids is 2. The van der Waals surface area contributed by atoms with E-state index >= 15 is 0 Å². The van der Waals surface area contributed by atoms with Crippen LogP contribution in [0.1, 0.15) is 25.7 Å². The lowest BCUT2D eigenvalue weighted by Gasteiger charge is -2.39. The van der Waals surface area contributed by atoms with Gasteiger partial charge in [0.2, 0.25) is 22.1 Å². The van der Waals surface area contributed by atoms with Gasteiger partial charge in [-0.3, -0.25) is 14.5 Å². The minimum Gasteiger partial charge on any atom is -0.368 e. The number of amides is 2. The first-order chi connectivity index (χ1) is 15.6. The molecule has 0 spiro atoms. The van der Waals surface area contributed by atoms with E-state index in [1.54, 1.807) is 17.0 Å². The minimum absolute atomic E-state index is 0.0538. The van der Waals surface area contributed by atoms with Crippen molar-refractivity contribution in [3.05, 3.63) is 30.1 Å². The maximum absolute atomic E-state index is 13.2. The van der Waals surface area contributed by atoms with Gasteiger partial charge >= 0.3 is 0 Å². The molecule has 0 radical (unpaired) electrons. The van der Waals surface area contributed by atoms with E-state index in [2.05, 4.69) is 20.0 Å². The Bertz CT molecular complexity index is 975. The summed E-state index contributed by atoms with van der Waals surface area (Å²) < 4.78 is 13.2. The molecule has 0 N–H and O–H groups in total. The van der Waals surface area contributed by atoms with Gasteiger partial charge in [0.15, 0.2) is 0 Å². The van der Waals surface area contributed by atoms with Crippen molar-refractivity contribution in [2.45, 2.75) is 25.7 Å². The quantitative estimate of drug-likeness (QED) is 0.701. The molecule has 4 heterocycles. The molecule has 1 aromatic heterocycles. The Hall–Kier alpha value is -2.75. The number of benzene rings is 1. The lowest BCUT2D eigenvalue weighted by molar-refractivity contribution is -0.136. The van der Waals surface area contributed by atoms with Crippen molar-refractivity contribution in [2.24, 2.45) is 5.92 Å². The highest BCUT2D eigenvalue weighted by molar-refractivity contribution is 7.19. The van der Waals surface area contributed by atoms with Crippen molar-refractivity contribution in [3.63, 3.8) is 0 Å². The summed E-state index contributed by atoms with van der Waals surface area (Å²) in [6.07, 6.45) is 3.25. The Morgan fingerprint density at radius 3 is 2.41 bits per heavy atom. The lowest BCUT2D eigenvalue weighted by atomic mass is 9.96. The zero-order valence-electron chi connectivity index (χ0n) is 18.0. The summed E-state index contributed by atoms with van der Waals surface area (Å²) in [5, 5.41) is 10.0. The second kappa shape index (κ2) is 9.01. The van der Waals surface area contributed by atoms with Crippen LogP contribution in [0.25, 0.3) is 0 Å². The molecule has 2 aromatic rings. The van der Waals surface area contributed by atoms with Crippen LogP contribution >= 0.6 is 11.3 Å². The van der Waals surface area contributed by atoms with Gasteiger partial charge in [-0.15, -0.1) is 10.2 Å². The first kappa shape index (κ1) is 21.1. The van der Waals surface area contributed by atoms with Crippen LogP contribution in [0.4, 0.5) is 20.3 Å². The molecule has 3 aliphatic heterocycles. The molecule has 0 bridgehead atoms. The van der Waals surface area contributed by atoms with Crippen LogP contribution in [-0.4, -0.2) is 72.7 Å². The third-order valence-electron chi connectivity index (χ3n) is 6.53. The van der Waals surface area contributed by atoms with Crippen molar-refractivity contribution < 1.29 is 14.0 Å². The normalized spacial score (nSPS) is 22.0. The number of rotatable bonds is 4. The first-order valence-electron chi connectivity index (χ1n) is 11.3. The van der Waals surface area contributed by atoms with Gasteiger partial charge in [-0.05, 0) is 43.5 Å². The summed E-state index contributed by atoms with van der Waals surface area (Å²) >= 11 is 1.44. The zero-order valence-corrected chi connectivity index (χ0v) is 18.8. The number of piperidine rings is 1. The highest BCUT2D eigenvalue weighted by Crippen LogP contribution is 2.32. The Morgan fingerprint density at radius 1 is 0.938 bits per heavy atom. The van der Waals surface area contributed by atoms with Gasteiger partial charge in [0, 0.05) is 57.9 Å². The van der Waals surface area contributed by atoms with E-state index in [1.807, 2.05) is 4.90 Å². The van der Waals surface area contributed by atoms with Crippen LogP contribution in [0.3, 0.4) is 0 Å².